The smallest absolute Gasteiger partial charge is 0.305 e. The van der Waals surface area contributed by atoms with Gasteiger partial charge in [0.2, 0.25) is 0 Å². The highest BCUT2D eigenvalue weighted by molar-refractivity contribution is 5.69. The van der Waals surface area contributed by atoms with Gasteiger partial charge in [-0.2, -0.15) is 0 Å². The van der Waals surface area contributed by atoms with E-state index in [4.69, 9.17) is 23.7 Å². The van der Waals surface area contributed by atoms with Gasteiger partial charge in [0.1, 0.15) is 6.61 Å². The minimum absolute atomic E-state index is 0.115. The summed E-state index contributed by atoms with van der Waals surface area (Å²) in [5, 5.41) is 0. The van der Waals surface area contributed by atoms with Crippen molar-refractivity contribution in [1.29, 1.82) is 0 Å². The first-order valence-corrected chi connectivity index (χ1v) is 12.7. The summed E-state index contributed by atoms with van der Waals surface area (Å²) >= 11 is 0. The zero-order valence-corrected chi connectivity index (χ0v) is 20.5. The van der Waals surface area contributed by atoms with Gasteiger partial charge in [-0.1, -0.05) is 84.0 Å². The molecule has 0 heterocycles. The van der Waals surface area contributed by atoms with Crippen LogP contribution in [0.1, 0.15) is 96.8 Å². The molecule has 0 aliphatic carbocycles. The standard InChI is InChI=1S/C25H50O6/c1-3-4-5-6-7-8-9-10-11-12-13-14-15-16-25(26)31-24-23-30-22-21-29-20-19-28-18-17-27-2/h3-24H2,1-2H3. The normalized spacial score (nSPS) is 11.2. The largest absolute Gasteiger partial charge is 0.463 e. The Labute approximate surface area is 191 Å². The van der Waals surface area contributed by atoms with Crippen LogP contribution in [0.25, 0.3) is 0 Å². The molecule has 0 spiro atoms. The molecule has 6 heteroatoms. The van der Waals surface area contributed by atoms with Crippen LogP contribution in [-0.2, 0) is 28.5 Å². The summed E-state index contributed by atoms with van der Waals surface area (Å²) in [5.74, 6) is -0.115. The molecule has 0 bridgehead atoms. The molecular formula is C25H50O6. The molecule has 0 amide bonds. The highest BCUT2D eigenvalue weighted by Gasteiger charge is 2.02. The number of unbranched alkanes of at least 4 members (excludes halogenated alkanes) is 12. The quantitative estimate of drug-likeness (QED) is 0.125. The molecule has 0 aliphatic rings. The zero-order chi connectivity index (χ0) is 22.7. The third kappa shape index (κ3) is 27.3. The van der Waals surface area contributed by atoms with Crippen LogP contribution in [-0.4, -0.2) is 65.9 Å². The predicted octanol–water partition coefficient (Wildman–Crippen LogP) is 5.71. The van der Waals surface area contributed by atoms with Gasteiger partial charge in [-0.3, -0.25) is 4.79 Å². The van der Waals surface area contributed by atoms with E-state index in [2.05, 4.69) is 6.92 Å². The van der Waals surface area contributed by atoms with Crippen molar-refractivity contribution in [2.45, 2.75) is 96.8 Å². The Morgan fingerprint density at radius 3 is 1.35 bits per heavy atom. The molecular weight excluding hydrogens is 396 g/mol. The Morgan fingerprint density at radius 2 is 0.903 bits per heavy atom. The van der Waals surface area contributed by atoms with Crippen LogP contribution in [0, 0.1) is 0 Å². The fourth-order valence-corrected chi connectivity index (χ4v) is 3.26. The van der Waals surface area contributed by atoms with Crippen LogP contribution < -0.4 is 0 Å². The van der Waals surface area contributed by atoms with Crippen molar-refractivity contribution in [3.8, 4) is 0 Å². The van der Waals surface area contributed by atoms with Gasteiger partial charge in [-0.05, 0) is 6.42 Å². The molecule has 0 unspecified atom stereocenters. The average molecular weight is 447 g/mol. The molecule has 0 aromatic heterocycles. The maximum Gasteiger partial charge on any atom is 0.305 e. The van der Waals surface area contributed by atoms with Gasteiger partial charge in [0, 0.05) is 13.5 Å². The molecule has 0 atom stereocenters. The van der Waals surface area contributed by atoms with E-state index >= 15 is 0 Å². The third-order valence-corrected chi connectivity index (χ3v) is 5.15. The molecule has 0 aromatic rings. The number of carbonyl (C=O) groups excluding carboxylic acids is 1. The number of carbonyl (C=O) groups is 1. The second-order valence-corrected chi connectivity index (χ2v) is 8.04. The summed E-state index contributed by atoms with van der Waals surface area (Å²) in [6.45, 7) is 6.29. The van der Waals surface area contributed by atoms with Crippen LogP contribution in [0.5, 0.6) is 0 Å². The first-order chi connectivity index (χ1) is 15.3. The van der Waals surface area contributed by atoms with E-state index < -0.39 is 0 Å². The molecule has 0 N–H and O–H groups in total. The van der Waals surface area contributed by atoms with Crippen LogP contribution in [0.3, 0.4) is 0 Å². The van der Waals surface area contributed by atoms with Crippen molar-refractivity contribution < 1.29 is 28.5 Å². The first-order valence-electron chi connectivity index (χ1n) is 12.7. The van der Waals surface area contributed by atoms with E-state index in [0.717, 1.165) is 12.8 Å². The van der Waals surface area contributed by atoms with E-state index in [-0.39, 0.29) is 5.97 Å². The lowest BCUT2D eigenvalue weighted by atomic mass is 10.0. The average Bonchev–Trinajstić information content (AvgIpc) is 2.77. The van der Waals surface area contributed by atoms with Crippen LogP contribution in [0.2, 0.25) is 0 Å². The molecule has 0 fully saturated rings. The molecule has 31 heavy (non-hydrogen) atoms. The van der Waals surface area contributed by atoms with Gasteiger partial charge >= 0.3 is 5.97 Å². The fraction of sp³-hybridized carbons (Fsp3) is 0.960. The molecule has 0 saturated carbocycles. The van der Waals surface area contributed by atoms with Crippen molar-refractivity contribution in [2.75, 3.05) is 60.0 Å². The molecule has 0 radical (unpaired) electrons. The van der Waals surface area contributed by atoms with Gasteiger partial charge < -0.3 is 23.7 Å². The predicted molar refractivity (Wildman–Crippen MR) is 126 cm³/mol. The van der Waals surface area contributed by atoms with Crippen molar-refractivity contribution >= 4 is 5.97 Å². The number of ether oxygens (including phenoxy) is 5. The Kier molecular flexibility index (Phi) is 26.7. The van der Waals surface area contributed by atoms with E-state index in [1.165, 1.54) is 70.6 Å². The van der Waals surface area contributed by atoms with Crippen molar-refractivity contribution in [3.63, 3.8) is 0 Å². The Hall–Kier alpha value is -0.690. The van der Waals surface area contributed by atoms with Crippen molar-refractivity contribution in [3.05, 3.63) is 0 Å². The van der Waals surface area contributed by atoms with E-state index in [9.17, 15) is 4.79 Å². The Balaban J connectivity index is 3.14. The molecule has 0 rings (SSSR count). The monoisotopic (exact) mass is 446 g/mol. The van der Waals surface area contributed by atoms with Crippen LogP contribution >= 0.6 is 0 Å². The van der Waals surface area contributed by atoms with Gasteiger partial charge in [0.15, 0.2) is 0 Å². The minimum Gasteiger partial charge on any atom is -0.463 e. The second-order valence-electron chi connectivity index (χ2n) is 8.04. The zero-order valence-electron chi connectivity index (χ0n) is 20.5. The lowest BCUT2D eigenvalue weighted by molar-refractivity contribution is -0.145. The summed E-state index contributed by atoms with van der Waals surface area (Å²) in [5.41, 5.74) is 0. The Morgan fingerprint density at radius 1 is 0.516 bits per heavy atom. The third-order valence-electron chi connectivity index (χ3n) is 5.15. The number of rotatable bonds is 26. The minimum atomic E-state index is -0.115. The fourth-order valence-electron chi connectivity index (χ4n) is 3.26. The van der Waals surface area contributed by atoms with Crippen LogP contribution in [0.4, 0.5) is 0 Å². The maximum atomic E-state index is 11.7. The summed E-state index contributed by atoms with van der Waals surface area (Å²) in [6, 6.07) is 0. The van der Waals surface area contributed by atoms with Gasteiger partial charge in [0.25, 0.3) is 0 Å². The van der Waals surface area contributed by atoms with Gasteiger partial charge in [0.05, 0.1) is 46.2 Å². The summed E-state index contributed by atoms with van der Waals surface area (Å²) in [6.07, 6.45) is 17.5. The highest BCUT2D eigenvalue weighted by Crippen LogP contribution is 2.13. The van der Waals surface area contributed by atoms with E-state index in [1.807, 2.05) is 0 Å². The molecule has 0 aliphatic heterocycles. The topological polar surface area (TPSA) is 63.2 Å². The lowest BCUT2D eigenvalue weighted by Gasteiger charge is -2.07. The summed E-state index contributed by atoms with van der Waals surface area (Å²) in [4.78, 5) is 11.7. The number of hydrogen-bond acceptors (Lipinski definition) is 6. The highest BCUT2D eigenvalue weighted by atomic mass is 16.6. The Bertz CT molecular complexity index is 351. The second kappa shape index (κ2) is 27.3. The number of esters is 1. The van der Waals surface area contributed by atoms with Crippen molar-refractivity contribution in [2.24, 2.45) is 0 Å². The summed E-state index contributed by atoms with van der Waals surface area (Å²) in [7, 11) is 1.65. The molecule has 0 saturated heterocycles. The van der Waals surface area contributed by atoms with E-state index in [1.54, 1.807) is 7.11 Å². The molecule has 6 nitrogen and oxygen atoms in total. The SMILES string of the molecule is CCCCCCCCCCCCCCCC(=O)OCCOCCOCCOCCOC. The van der Waals surface area contributed by atoms with E-state index in [0.29, 0.717) is 59.3 Å². The van der Waals surface area contributed by atoms with Gasteiger partial charge in [-0.15, -0.1) is 0 Å². The summed E-state index contributed by atoms with van der Waals surface area (Å²) < 4.78 is 26.1. The number of methoxy groups -OCH3 is 1. The van der Waals surface area contributed by atoms with Crippen molar-refractivity contribution in [1.82, 2.24) is 0 Å². The number of hydrogen-bond donors (Lipinski definition) is 0. The lowest BCUT2D eigenvalue weighted by Crippen LogP contribution is -2.14. The maximum absolute atomic E-state index is 11.7. The van der Waals surface area contributed by atoms with Gasteiger partial charge in [-0.25, -0.2) is 0 Å². The van der Waals surface area contributed by atoms with Crippen LogP contribution in [0.15, 0.2) is 0 Å². The molecule has 0 aromatic carbocycles. The molecule has 186 valence electrons. The first kappa shape index (κ1) is 30.3.